The zero-order chi connectivity index (χ0) is 18.7. The number of hydrogen-bond donors (Lipinski definition) is 0. The van der Waals surface area contributed by atoms with Gasteiger partial charge in [0, 0.05) is 35.1 Å². The van der Waals surface area contributed by atoms with Gasteiger partial charge in [-0.1, -0.05) is 18.2 Å². The van der Waals surface area contributed by atoms with E-state index >= 15 is 0 Å². The van der Waals surface area contributed by atoms with Gasteiger partial charge < -0.3 is 4.74 Å². The van der Waals surface area contributed by atoms with Gasteiger partial charge in [-0.3, -0.25) is 13.4 Å². The summed E-state index contributed by atoms with van der Waals surface area (Å²) in [6, 6.07) is 11.8. The van der Waals surface area contributed by atoms with Gasteiger partial charge in [0.05, 0.1) is 11.3 Å². The van der Waals surface area contributed by atoms with Gasteiger partial charge in [0.15, 0.2) is 0 Å². The molecule has 1 aromatic carbocycles. The van der Waals surface area contributed by atoms with Crippen molar-refractivity contribution in [3.05, 3.63) is 81.4 Å². The van der Waals surface area contributed by atoms with Gasteiger partial charge in [0.2, 0.25) is 0 Å². The number of carbonyl (C=O) groups is 1. The molecule has 0 saturated heterocycles. The van der Waals surface area contributed by atoms with Crippen LogP contribution < -0.4 is 5.56 Å². The van der Waals surface area contributed by atoms with E-state index in [9.17, 15) is 13.8 Å². The lowest BCUT2D eigenvalue weighted by molar-refractivity contribution is 0.0467. The molecule has 0 N–H and O–H groups in total. The molecule has 1 atom stereocenters. The molecule has 134 valence electrons. The van der Waals surface area contributed by atoms with E-state index in [4.69, 9.17) is 4.74 Å². The average Bonchev–Trinajstić information content (AvgIpc) is 2.60. The largest absolute Gasteiger partial charge is 0.456 e. The van der Waals surface area contributed by atoms with Crippen LogP contribution >= 0.6 is 0 Å². The summed E-state index contributed by atoms with van der Waals surface area (Å²) in [5.74, 6) is -0.136. The molecule has 0 aliphatic carbocycles. The molecule has 0 aliphatic heterocycles. The molecule has 6 nitrogen and oxygen atoms in total. The number of pyridine rings is 1. The number of benzene rings is 1. The minimum Gasteiger partial charge on any atom is -0.456 e. The van der Waals surface area contributed by atoms with Crippen molar-refractivity contribution in [2.75, 3.05) is 6.26 Å². The normalized spacial score (nSPS) is 12.1. The molecule has 0 saturated carbocycles. The number of fused-ring (bicyclic) bond motifs is 1. The lowest BCUT2D eigenvalue weighted by Crippen LogP contribution is -2.17. The number of hydrogen-bond acceptors (Lipinski definition) is 5. The Morgan fingerprint density at radius 1 is 1.23 bits per heavy atom. The highest BCUT2D eigenvalue weighted by atomic mass is 32.2. The van der Waals surface area contributed by atoms with Crippen LogP contribution in [0.4, 0.5) is 0 Å². The number of ether oxygens (including phenoxy) is 1. The van der Waals surface area contributed by atoms with E-state index in [1.54, 1.807) is 36.7 Å². The first kappa shape index (κ1) is 18.0. The van der Waals surface area contributed by atoms with Crippen LogP contribution in [-0.4, -0.2) is 25.8 Å². The van der Waals surface area contributed by atoms with Crippen molar-refractivity contribution in [1.29, 1.82) is 0 Å². The summed E-state index contributed by atoms with van der Waals surface area (Å²) < 4.78 is 18.0. The highest BCUT2D eigenvalue weighted by Gasteiger charge is 2.10. The van der Waals surface area contributed by atoms with Gasteiger partial charge in [0.25, 0.3) is 5.56 Å². The summed E-state index contributed by atoms with van der Waals surface area (Å²) >= 11 is 0. The van der Waals surface area contributed by atoms with Gasteiger partial charge in [-0.25, -0.2) is 9.78 Å². The van der Waals surface area contributed by atoms with E-state index in [-0.39, 0.29) is 12.2 Å². The molecule has 0 radical (unpaired) electrons. The van der Waals surface area contributed by atoms with Crippen LogP contribution in [0.5, 0.6) is 0 Å². The summed E-state index contributed by atoms with van der Waals surface area (Å²) in [6.07, 6.45) is 3.32. The number of carbonyl (C=O) groups excluding carboxylic acids is 1. The van der Waals surface area contributed by atoms with Crippen molar-refractivity contribution in [3.8, 4) is 0 Å². The van der Waals surface area contributed by atoms with E-state index in [2.05, 4.69) is 4.98 Å². The Kier molecular flexibility index (Phi) is 5.27. The third kappa shape index (κ3) is 4.23. The molecule has 2 heterocycles. The van der Waals surface area contributed by atoms with Crippen LogP contribution in [0, 0.1) is 6.92 Å². The van der Waals surface area contributed by atoms with Crippen LogP contribution in [0.15, 0.2) is 53.5 Å². The molecule has 0 spiro atoms. The summed E-state index contributed by atoms with van der Waals surface area (Å²) in [7, 11) is -0.989. The first-order valence-corrected chi connectivity index (χ1v) is 9.70. The smallest absolute Gasteiger partial charge is 0.338 e. The lowest BCUT2D eigenvalue weighted by Gasteiger charge is -2.07. The van der Waals surface area contributed by atoms with Crippen molar-refractivity contribution in [2.24, 2.45) is 0 Å². The van der Waals surface area contributed by atoms with Crippen molar-refractivity contribution >= 4 is 22.4 Å². The van der Waals surface area contributed by atoms with Gasteiger partial charge in [-0.15, -0.1) is 0 Å². The topological polar surface area (TPSA) is 77.7 Å². The second-order valence-corrected chi connectivity index (χ2v) is 7.45. The predicted molar refractivity (Wildman–Crippen MR) is 99.5 cm³/mol. The van der Waals surface area contributed by atoms with E-state index < -0.39 is 16.8 Å². The van der Waals surface area contributed by atoms with Gasteiger partial charge >= 0.3 is 5.97 Å². The fourth-order valence-electron chi connectivity index (χ4n) is 2.58. The maximum Gasteiger partial charge on any atom is 0.338 e. The Balaban J connectivity index is 1.75. The molecular weight excluding hydrogens is 352 g/mol. The van der Waals surface area contributed by atoms with Crippen LogP contribution in [0.1, 0.15) is 27.2 Å². The van der Waals surface area contributed by atoms with E-state index in [1.807, 2.05) is 19.1 Å². The third-order valence-corrected chi connectivity index (χ3v) is 4.48. The fourth-order valence-corrected chi connectivity index (χ4v) is 3.23. The molecule has 3 rings (SSSR count). The summed E-state index contributed by atoms with van der Waals surface area (Å²) in [4.78, 5) is 28.8. The minimum atomic E-state index is -0.989. The van der Waals surface area contributed by atoms with E-state index in [0.29, 0.717) is 22.7 Å². The standard InChI is InChI=1S/C19H18N2O4S/c1-13-6-7-17-20-16(9-18(22)21(17)10-13)11-25-19(23)15-5-3-4-14(8-15)12-26(2)24/h3-10H,11-12H2,1-2H3. The van der Waals surface area contributed by atoms with Gasteiger partial charge in [0.1, 0.15) is 12.3 Å². The van der Waals surface area contributed by atoms with Crippen molar-refractivity contribution in [3.63, 3.8) is 0 Å². The zero-order valence-corrected chi connectivity index (χ0v) is 15.3. The molecule has 0 aliphatic rings. The third-order valence-electron chi connectivity index (χ3n) is 3.74. The van der Waals surface area contributed by atoms with E-state index in [1.165, 1.54) is 10.5 Å². The molecule has 3 aromatic rings. The zero-order valence-electron chi connectivity index (χ0n) is 14.5. The van der Waals surface area contributed by atoms with Crippen LogP contribution in [0.25, 0.3) is 5.65 Å². The van der Waals surface area contributed by atoms with Gasteiger partial charge in [-0.2, -0.15) is 0 Å². The molecule has 7 heteroatoms. The Morgan fingerprint density at radius 2 is 2.04 bits per heavy atom. The maximum atomic E-state index is 12.2. The van der Waals surface area contributed by atoms with Crippen LogP contribution in [0.3, 0.4) is 0 Å². The quantitative estimate of drug-likeness (QED) is 0.644. The average molecular weight is 370 g/mol. The predicted octanol–water partition coefficient (Wildman–Crippen LogP) is 2.24. The Bertz CT molecular complexity index is 1060. The summed E-state index contributed by atoms with van der Waals surface area (Å²) in [5.41, 5.74) is 2.80. The molecule has 0 bridgehead atoms. The number of aryl methyl sites for hydroxylation is 1. The van der Waals surface area contributed by atoms with Crippen LogP contribution in [0.2, 0.25) is 0 Å². The first-order valence-electron chi connectivity index (χ1n) is 7.97. The van der Waals surface area contributed by atoms with Crippen LogP contribution in [-0.2, 0) is 27.9 Å². The van der Waals surface area contributed by atoms with Gasteiger partial charge in [-0.05, 0) is 36.2 Å². The Labute approximate surface area is 152 Å². The SMILES string of the molecule is Cc1ccc2nc(COC(=O)c3cccc(CS(C)=O)c3)cc(=O)n2c1. The number of aromatic nitrogens is 2. The summed E-state index contributed by atoms with van der Waals surface area (Å²) in [5, 5.41) is 0. The monoisotopic (exact) mass is 370 g/mol. The molecule has 0 amide bonds. The number of nitrogens with zero attached hydrogens (tertiary/aromatic N) is 2. The second-order valence-electron chi connectivity index (χ2n) is 6.01. The molecular formula is C19H18N2O4S. The molecule has 2 aromatic heterocycles. The van der Waals surface area contributed by atoms with Crippen molar-refractivity contribution in [2.45, 2.75) is 19.3 Å². The van der Waals surface area contributed by atoms with E-state index in [0.717, 1.165) is 11.1 Å². The minimum absolute atomic E-state index is 0.0949. The first-order chi connectivity index (χ1) is 12.4. The van der Waals surface area contributed by atoms with Crippen molar-refractivity contribution < 1.29 is 13.7 Å². The Hall–Kier alpha value is -2.80. The molecule has 26 heavy (non-hydrogen) atoms. The fraction of sp³-hybridized carbons (Fsp3) is 0.211. The second kappa shape index (κ2) is 7.61. The maximum absolute atomic E-state index is 12.2. The number of esters is 1. The molecule has 0 fully saturated rings. The van der Waals surface area contributed by atoms with Crippen molar-refractivity contribution in [1.82, 2.24) is 9.38 Å². The number of rotatable bonds is 5. The highest BCUT2D eigenvalue weighted by Crippen LogP contribution is 2.10. The summed E-state index contributed by atoms with van der Waals surface area (Å²) in [6.45, 7) is 1.80. The Morgan fingerprint density at radius 3 is 2.81 bits per heavy atom. The highest BCUT2D eigenvalue weighted by molar-refractivity contribution is 7.83. The lowest BCUT2D eigenvalue weighted by atomic mass is 10.1. The molecule has 1 unspecified atom stereocenters.